The molecule has 0 atom stereocenters. The van der Waals surface area contributed by atoms with Crippen molar-refractivity contribution < 1.29 is 14.3 Å². The number of amides is 1. The van der Waals surface area contributed by atoms with Gasteiger partial charge >= 0.3 is 0 Å². The molecule has 0 aliphatic heterocycles. The second kappa shape index (κ2) is 12.1. The van der Waals surface area contributed by atoms with Crippen LogP contribution in [0.1, 0.15) is 29.2 Å². The lowest BCUT2D eigenvalue weighted by atomic mass is 10.1. The number of hydrogen-bond donors (Lipinski definition) is 1. The summed E-state index contributed by atoms with van der Waals surface area (Å²) in [6, 6.07) is 16.7. The van der Waals surface area contributed by atoms with Crippen molar-refractivity contribution in [2.24, 2.45) is 5.10 Å². The smallest absolute Gasteiger partial charge is 0.244 e. The molecular weight excluding hydrogens is 527 g/mol. The Bertz CT molecular complexity index is 1150. The Hall–Kier alpha value is -2.54. The second-order valence-electron chi connectivity index (χ2n) is 7.24. The molecule has 0 aliphatic carbocycles. The fourth-order valence-corrected chi connectivity index (χ4v) is 4.00. The van der Waals surface area contributed by atoms with Gasteiger partial charge in [-0.15, -0.1) is 0 Å². The number of nitrogens with one attached hydrogen (secondary N) is 1. The number of rotatable bonds is 9. The molecule has 0 spiro atoms. The lowest BCUT2D eigenvalue weighted by molar-refractivity contribution is -0.120. The topological polar surface area (TPSA) is 59.9 Å². The van der Waals surface area contributed by atoms with Crippen molar-refractivity contribution in [2.45, 2.75) is 26.9 Å². The van der Waals surface area contributed by atoms with E-state index in [1.807, 2.05) is 50.2 Å². The normalized spacial score (nSPS) is 10.9. The zero-order valence-electron chi connectivity index (χ0n) is 18.2. The third-order valence-electron chi connectivity index (χ3n) is 4.61. The van der Waals surface area contributed by atoms with Crippen LogP contribution in [0.25, 0.3) is 0 Å². The second-order valence-corrected chi connectivity index (χ2v) is 8.94. The lowest BCUT2D eigenvalue weighted by Gasteiger charge is -2.15. The summed E-state index contributed by atoms with van der Waals surface area (Å²) in [5.41, 5.74) is 6.17. The van der Waals surface area contributed by atoms with Gasteiger partial charge in [0, 0.05) is 15.6 Å². The number of carbonyl (C=O) groups excluding carboxylic acids is 1. The fourth-order valence-electron chi connectivity index (χ4n) is 2.96. The van der Waals surface area contributed by atoms with Gasteiger partial charge in [0.1, 0.15) is 6.61 Å². The van der Waals surface area contributed by atoms with Crippen LogP contribution in [0.15, 0.2) is 64.2 Å². The molecule has 0 bridgehead atoms. The molecule has 0 saturated heterocycles. The zero-order valence-corrected chi connectivity index (χ0v) is 21.3. The molecule has 5 nitrogen and oxygen atoms in total. The zero-order chi connectivity index (χ0) is 23.8. The molecule has 0 saturated carbocycles. The number of hydrazone groups is 1. The summed E-state index contributed by atoms with van der Waals surface area (Å²) in [5, 5.41) is 5.16. The van der Waals surface area contributed by atoms with E-state index in [1.54, 1.807) is 24.4 Å². The molecular formula is C25H23BrCl2N2O3. The first-order valence-corrected chi connectivity index (χ1v) is 11.8. The summed E-state index contributed by atoms with van der Waals surface area (Å²) in [6.45, 7) is 4.60. The van der Waals surface area contributed by atoms with Gasteiger partial charge in [0.15, 0.2) is 11.5 Å². The number of halogens is 3. The minimum atomic E-state index is -0.195. The molecule has 1 amide bonds. The molecule has 3 aromatic carbocycles. The van der Waals surface area contributed by atoms with Crippen LogP contribution in [0.3, 0.4) is 0 Å². The van der Waals surface area contributed by atoms with Crippen LogP contribution >= 0.6 is 39.1 Å². The highest BCUT2D eigenvalue weighted by Gasteiger charge is 2.13. The molecule has 0 aliphatic rings. The van der Waals surface area contributed by atoms with Gasteiger partial charge in [-0.3, -0.25) is 4.79 Å². The maximum atomic E-state index is 12.1. The summed E-state index contributed by atoms with van der Waals surface area (Å²) >= 11 is 15.7. The van der Waals surface area contributed by atoms with E-state index in [0.717, 1.165) is 22.3 Å². The molecule has 33 heavy (non-hydrogen) atoms. The number of benzene rings is 3. The quantitative estimate of drug-likeness (QED) is 0.237. The van der Waals surface area contributed by atoms with Gasteiger partial charge < -0.3 is 9.47 Å². The maximum absolute atomic E-state index is 12.1. The summed E-state index contributed by atoms with van der Waals surface area (Å²) in [6.07, 6.45) is 1.81. The van der Waals surface area contributed by atoms with Gasteiger partial charge in [-0.05, 0) is 65.2 Å². The third-order valence-corrected chi connectivity index (χ3v) is 5.78. The van der Waals surface area contributed by atoms with Crippen molar-refractivity contribution in [3.05, 3.63) is 91.4 Å². The molecule has 1 N–H and O–H groups in total. The van der Waals surface area contributed by atoms with Gasteiger partial charge in [-0.25, -0.2) is 5.43 Å². The molecule has 3 aromatic rings. The minimum Gasteiger partial charge on any atom is -0.490 e. The molecule has 8 heteroatoms. The number of ether oxygens (including phenoxy) is 2. The highest BCUT2D eigenvalue weighted by Crippen LogP contribution is 2.37. The molecule has 0 fully saturated rings. The Morgan fingerprint density at radius 3 is 2.55 bits per heavy atom. The van der Waals surface area contributed by atoms with E-state index in [4.69, 9.17) is 32.7 Å². The van der Waals surface area contributed by atoms with Crippen molar-refractivity contribution in [3.8, 4) is 11.5 Å². The van der Waals surface area contributed by atoms with E-state index in [-0.39, 0.29) is 18.9 Å². The first-order valence-electron chi connectivity index (χ1n) is 10.3. The largest absolute Gasteiger partial charge is 0.490 e. The summed E-state index contributed by atoms with van der Waals surface area (Å²) in [5.74, 6) is 0.895. The van der Waals surface area contributed by atoms with Crippen LogP contribution in [0, 0.1) is 6.92 Å². The summed E-state index contributed by atoms with van der Waals surface area (Å²) in [7, 11) is 0. The monoisotopic (exact) mass is 548 g/mol. The van der Waals surface area contributed by atoms with Crippen LogP contribution in [-0.2, 0) is 17.8 Å². The van der Waals surface area contributed by atoms with Gasteiger partial charge in [0.25, 0.3) is 0 Å². The molecule has 172 valence electrons. The Morgan fingerprint density at radius 2 is 1.85 bits per heavy atom. The van der Waals surface area contributed by atoms with Crippen molar-refractivity contribution in [2.75, 3.05) is 6.61 Å². The van der Waals surface area contributed by atoms with Crippen molar-refractivity contribution in [3.63, 3.8) is 0 Å². The standard InChI is InChI=1S/C25H23BrCl2N2O3/c1-3-32-23-11-18(14-29-30-24(31)12-17-6-4-16(2)5-7-17)10-21(26)25(23)33-15-19-8-9-20(27)13-22(19)28/h4-11,13-14H,3,12,15H2,1-2H3,(H,30,31)/b29-14+. The Morgan fingerprint density at radius 1 is 1.09 bits per heavy atom. The molecule has 0 unspecified atom stereocenters. The Kier molecular flexibility index (Phi) is 9.18. The van der Waals surface area contributed by atoms with E-state index >= 15 is 0 Å². The van der Waals surface area contributed by atoms with Crippen molar-refractivity contribution >= 4 is 51.3 Å². The lowest BCUT2D eigenvalue weighted by Crippen LogP contribution is -2.19. The van der Waals surface area contributed by atoms with Crippen LogP contribution in [-0.4, -0.2) is 18.7 Å². The third kappa shape index (κ3) is 7.49. The average molecular weight is 550 g/mol. The first-order chi connectivity index (χ1) is 15.9. The Labute approximate surface area is 211 Å². The van der Waals surface area contributed by atoms with Crippen LogP contribution in [0.2, 0.25) is 10.0 Å². The Balaban J connectivity index is 1.67. The number of aryl methyl sites for hydroxylation is 1. The van der Waals surface area contributed by atoms with Crippen molar-refractivity contribution in [1.29, 1.82) is 0 Å². The summed E-state index contributed by atoms with van der Waals surface area (Å²) in [4.78, 5) is 12.1. The highest BCUT2D eigenvalue weighted by molar-refractivity contribution is 9.10. The molecule has 0 heterocycles. The predicted molar refractivity (Wildman–Crippen MR) is 137 cm³/mol. The van der Waals surface area contributed by atoms with Gasteiger partial charge in [-0.1, -0.05) is 59.1 Å². The predicted octanol–water partition coefficient (Wildman–Crippen LogP) is 6.73. The molecule has 0 aromatic heterocycles. The minimum absolute atomic E-state index is 0.195. The van der Waals surface area contributed by atoms with E-state index in [0.29, 0.717) is 32.6 Å². The van der Waals surface area contributed by atoms with Gasteiger partial charge in [0.2, 0.25) is 5.91 Å². The first kappa shape index (κ1) is 25.1. The number of nitrogens with zero attached hydrogens (tertiary/aromatic N) is 1. The van der Waals surface area contributed by atoms with E-state index in [2.05, 4.69) is 26.5 Å². The summed E-state index contributed by atoms with van der Waals surface area (Å²) < 4.78 is 12.4. The van der Waals surface area contributed by atoms with Gasteiger partial charge in [-0.2, -0.15) is 5.10 Å². The van der Waals surface area contributed by atoms with Gasteiger partial charge in [0.05, 0.1) is 23.7 Å². The molecule has 0 radical (unpaired) electrons. The van der Waals surface area contributed by atoms with E-state index in [1.165, 1.54) is 0 Å². The fraction of sp³-hybridized carbons (Fsp3) is 0.200. The van der Waals surface area contributed by atoms with E-state index in [9.17, 15) is 4.79 Å². The van der Waals surface area contributed by atoms with E-state index < -0.39 is 0 Å². The van der Waals surface area contributed by atoms with Crippen LogP contribution in [0.5, 0.6) is 11.5 Å². The van der Waals surface area contributed by atoms with Crippen LogP contribution in [0.4, 0.5) is 0 Å². The average Bonchev–Trinajstić information content (AvgIpc) is 2.76. The number of carbonyl (C=O) groups is 1. The van der Waals surface area contributed by atoms with Crippen molar-refractivity contribution in [1.82, 2.24) is 5.43 Å². The highest BCUT2D eigenvalue weighted by atomic mass is 79.9. The SMILES string of the molecule is CCOc1cc(/C=N/NC(=O)Cc2ccc(C)cc2)cc(Br)c1OCc1ccc(Cl)cc1Cl. The molecule has 3 rings (SSSR count). The maximum Gasteiger partial charge on any atom is 0.244 e. The number of hydrogen-bond acceptors (Lipinski definition) is 4. The van der Waals surface area contributed by atoms with Crippen LogP contribution < -0.4 is 14.9 Å².